The van der Waals surface area contributed by atoms with Crippen LogP contribution in [0.15, 0.2) is 29.1 Å². The maximum atomic E-state index is 12.9. The Kier molecular flexibility index (Phi) is 4.80. The molecule has 0 aliphatic rings. The molecule has 0 saturated carbocycles. The van der Waals surface area contributed by atoms with Crippen molar-refractivity contribution in [2.75, 3.05) is 0 Å². The molecule has 0 aliphatic heterocycles. The van der Waals surface area contributed by atoms with Crippen molar-refractivity contribution in [3.63, 3.8) is 0 Å². The lowest BCUT2D eigenvalue weighted by molar-refractivity contribution is 0.626. The number of halogens is 4. The highest BCUT2D eigenvalue weighted by atomic mass is 35.6. The fourth-order valence-corrected chi connectivity index (χ4v) is 3.53. The second-order valence-corrected chi connectivity index (χ2v) is 7.94. The molecule has 0 spiro atoms. The van der Waals surface area contributed by atoms with E-state index in [0.717, 1.165) is 27.5 Å². The smallest absolute Gasteiger partial charge is 0.299 e. The molecule has 0 aliphatic carbocycles. The first-order valence-corrected chi connectivity index (χ1v) is 7.71. The summed E-state index contributed by atoms with van der Waals surface area (Å²) < 4.78 is 13.0. The van der Waals surface area contributed by atoms with E-state index >= 15 is 0 Å². The lowest BCUT2D eigenvalue weighted by Gasteiger charge is -2.10. The molecule has 0 atom stereocenters. The quantitative estimate of drug-likeness (QED) is 0.753. The lowest BCUT2D eigenvalue weighted by atomic mass is 10.2. The number of thiazole rings is 1. The van der Waals surface area contributed by atoms with Gasteiger partial charge in [0, 0.05) is 17.0 Å². The van der Waals surface area contributed by atoms with Crippen molar-refractivity contribution in [3.8, 4) is 0 Å². The minimum absolute atomic E-state index is 0.115. The Balaban J connectivity index is 2.29. The largest absolute Gasteiger partial charge is 0.307 e. The lowest BCUT2D eigenvalue weighted by Crippen LogP contribution is -2.15. The second-order valence-electron chi connectivity index (χ2n) is 4.38. The van der Waals surface area contributed by atoms with Crippen molar-refractivity contribution in [2.45, 2.75) is 23.7 Å². The normalized spacial score (nSPS) is 11.8. The Morgan fingerprint density at radius 3 is 2.40 bits per heavy atom. The summed E-state index contributed by atoms with van der Waals surface area (Å²) in [7, 11) is 0. The molecule has 20 heavy (non-hydrogen) atoms. The second kappa shape index (κ2) is 6.06. The van der Waals surface area contributed by atoms with Crippen LogP contribution in [0, 0.1) is 12.7 Å². The van der Waals surface area contributed by atoms with Crippen molar-refractivity contribution in [1.29, 1.82) is 0 Å². The number of hydrogen-bond acceptors (Lipinski definition) is 2. The van der Waals surface area contributed by atoms with E-state index in [1.807, 2.05) is 6.92 Å². The molecule has 0 radical (unpaired) electrons. The molecule has 0 bridgehead atoms. The van der Waals surface area contributed by atoms with Crippen LogP contribution in [0.3, 0.4) is 0 Å². The van der Waals surface area contributed by atoms with Crippen molar-refractivity contribution < 1.29 is 4.39 Å². The summed E-state index contributed by atoms with van der Waals surface area (Å²) in [6.45, 7) is 2.19. The van der Waals surface area contributed by atoms with Crippen LogP contribution in [0.2, 0.25) is 0 Å². The molecule has 1 heterocycles. The Morgan fingerprint density at radius 1 is 1.25 bits per heavy atom. The summed E-state index contributed by atoms with van der Waals surface area (Å²) in [5, 5.41) is 0. The van der Waals surface area contributed by atoms with E-state index < -0.39 is 3.79 Å². The van der Waals surface area contributed by atoms with E-state index in [4.69, 9.17) is 34.8 Å². The fourth-order valence-electron chi connectivity index (χ4n) is 1.82. The Labute approximate surface area is 134 Å². The Hall–Kier alpha value is -0.550. The number of nitrogens with zero attached hydrogens (tertiary/aromatic N) is 1. The molecule has 108 valence electrons. The highest BCUT2D eigenvalue weighted by Crippen LogP contribution is 2.32. The van der Waals surface area contributed by atoms with Gasteiger partial charge in [-0.3, -0.25) is 9.36 Å². The van der Waals surface area contributed by atoms with Crippen LogP contribution in [0.1, 0.15) is 16.1 Å². The molecular formula is C13H11Cl3FNOS. The van der Waals surface area contributed by atoms with Crippen LogP contribution < -0.4 is 4.87 Å². The van der Waals surface area contributed by atoms with Gasteiger partial charge in [-0.25, -0.2) is 4.39 Å². The van der Waals surface area contributed by atoms with Crippen molar-refractivity contribution in [2.24, 2.45) is 0 Å². The van der Waals surface area contributed by atoms with Gasteiger partial charge in [-0.2, -0.15) is 0 Å². The van der Waals surface area contributed by atoms with Crippen molar-refractivity contribution in [3.05, 3.63) is 55.9 Å². The van der Waals surface area contributed by atoms with Crippen LogP contribution >= 0.6 is 46.1 Å². The predicted molar refractivity (Wildman–Crippen MR) is 82.8 cm³/mol. The summed E-state index contributed by atoms with van der Waals surface area (Å²) in [6, 6.07) is 6.02. The number of hydrogen-bond donors (Lipinski definition) is 0. The summed E-state index contributed by atoms with van der Waals surface area (Å²) in [4.78, 5) is 12.6. The summed E-state index contributed by atoms with van der Waals surface area (Å²) >= 11 is 18.4. The van der Waals surface area contributed by atoms with Gasteiger partial charge in [0.2, 0.25) is 0 Å². The Morgan fingerprint density at radius 2 is 1.85 bits per heavy atom. The van der Waals surface area contributed by atoms with Gasteiger partial charge < -0.3 is 0 Å². The van der Waals surface area contributed by atoms with Gasteiger partial charge in [0.1, 0.15) is 5.82 Å². The first-order valence-electron chi connectivity index (χ1n) is 5.76. The van der Waals surface area contributed by atoms with Crippen molar-refractivity contribution >= 4 is 46.1 Å². The summed E-state index contributed by atoms with van der Waals surface area (Å²) in [5.74, 6) is -0.306. The van der Waals surface area contributed by atoms with Gasteiger partial charge in [-0.15, -0.1) is 0 Å². The highest BCUT2D eigenvalue weighted by Gasteiger charge is 2.24. The van der Waals surface area contributed by atoms with Crippen molar-refractivity contribution in [1.82, 2.24) is 4.57 Å². The van der Waals surface area contributed by atoms with Crippen LogP contribution in [0.4, 0.5) is 4.39 Å². The predicted octanol–water partition coefficient (Wildman–Crippen LogP) is 4.32. The van der Waals surface area contributed by atoms with Gasteiger partial charge in [-0.05, 0) is 24.6 Å². The minimum Gasteiger partial charge on any atom is -0.299 e. The third-order valence-electron chi connectivity index (χ3n) is 2.85. The first-order chi connectivity index (χ1) is 9.26. The molecular weight excluding hydrogens is 344 g/mol. The average Bonchev–Trinajstić information content (AvgIpc) is 2.57. The van der Waals surface area contributed by atoms with E-state index in [0.29, 0.717) is 6.54 Å². The van der Waals surface area contributed by atoms with E-state index in [9.17, 15) is 9.18 Å². The van der Waals surface area contributed by atoms with Crippen LogP contribution in [-0.4, -0.2) is 8.36 Å². The molecule has 1 aromatic carbocycles. The standard InChI is InChI=1S/C13H11Cl3FNOS/c1-8-11(6-13(14,15)16)20-12(19)18(8)7-9-2-4-10(17)5-3-9/h2-5H,6-7H2,1H3. The van der Waals surface area contributed by atoms with Gasteiger partial charge in [0.15, 0.2) is 3.79 Å². The maximum absolute atomic E-state index is 12.9. The molecule has 2 aromatic rings. The molecule has 0 amide bonds. The van der Waals surface area contributed by atoms with Gasteiger partial charge >= 0.3 is 4.87 Å². The van der Waals surface area contributed by atoms with Crippen LogP contribution in [0.25, 0.3) is 0 Å². The van der Waals surface area contributed by atoms with E-state index in [2.05, 4.69) is 0 Å². The third kappa shape index (κ3) is 3.98. The monoisotopic (exact) mass is 353 g/mol. The Bertz CT molecular complexity index is 658. The number of rotatable bonds is 3. The van der Waals surface area contributed by atoms with Crippen LogP contribution in [-0.2, 0) is 13.0 Å². The summed E-state index contributed by atoms with van der Waals surface area (Å²) in [6.07, 6.45) is 0.194. The van der Waals surface area contributed by atoms with Crippen LogP contribution in [0.5, 0.6) is 0 Å². The summed E-state index contributed by atoms with van der Waals surface area (Å²) in [5.41, 5.74) is 1.62. The topological polar surface area (TPSA) is 22.0 Å². The fraction of sp³-hybridized carbons (Fsp3) is 0.308. The van der Waals surface area contributed by atoms with E-state index in [1.54, 1.807) is 16.7 Å². The van der Waals surface area contributed by atoms with E-state index in [-0.39, 0.29) is 17.1 Å². The zero-order valence-corrected chi connectivity index (χ0v) is 13.6. The zero-order valence-electron chi connectivity index (χ0n) is 10.5. The highest BCUT2D eigenvalue weighted by molar-refractivity contribution is 7.09. The molecule has 0 fully saturated rings. The number of aromatic nitrogens is 1. The molecule has 2 rings (SSSR count). The van der Waals surface area contributed by atoms with E-state index in [1.165, 1.54) is 12.1 Å². The average molecular weight is 355 g/mol. The molecule has 1 aromatic heterocycles. The SMILES string of the molecule is Cc1c(CC(Cl)(Cl)Cl)sc(=O)n1Cc1ccc(F)cc1. The molecule has 0 saturated heterocycles. The van der Waals surface area contributed by atoms with Gasteiger partial charge in [-0.1, -0.05) is 58.3 Å². The molecule has 0 unspecified atom stereocenters. The maximum Gasteiger partial charge on any atom is 0.307 e. The number of alkyl halides is 3. The number of benzene rings is 1. The molecule has 2 nitrogen and oxygen atoms in total. The molecule has 7 heteroatoms. The van der Waals surface area contributed by atoms with Gasteiger partial charge in [0.05, 0.1) is 6.54 Å². The zero-order chi connectivity index (χ0) is 14.9. The minimum atomic E-state index is -1.42. The third-order valence-corrected chi connectivity index (χ3v) is 4.34. The first kappa shape index (κ1) is 15.8. The molecule has 0 N–H and O–H groups in total. The van der Waals surface area contributed by atoms with Gasteiger partial charge in [0.25, 0.3) is 0 Å².